The molecule has 0 bridgehead atoms. The number of ketones is 1. The van der Waals surface area contributed by atoms with Crippen LogP contribution in [0.4, 0.5) is 5.69 Å². The summed E-state index contributed by atoms with van der Waals surface area (Å²) in [5.74, 6) is -0.482. The molecule has 0 aliphatic rings. The molecule has 2 aromatic carbocycles. The van der Waals surface area contributed by atoms with Crippen LogP contribution in [-0.2, 0) is 4.79 Å². The topological polar surface area (TPSA) is 93.9 Å². The molecule has 26 heavy (non-hydrogen) atoms. The van der Waals surface area contributed by atoms with E-state index in [-0.39, 0.29) is 17.2 Å². The second kappa shape index (κ2) is 7.26. The zero-order valence-corrected chi connectivity index (χ0v) is 14.5. The smallest absolute Gasteiger partial charge is 0.278 e. The highest BCUT2D eigenvalue weighted by atomic mass is 16.2. The van der Waals surface area contributed by atoms with Crippen LogP contribution in [-0.4, -0.2) is 26.7 Å². The highest BCUT2D eigenvalue weighted by molar-refractivity contribution is 5.98. The Morgan fingerprint density at radius 3 is 2.65 bits per heavy atom. The summed E-state index contributed by atoms with van der Waals surface area (Å²) in [6.45, 7) is 3.25. The summed E-state index contributed by atoms with van der Waals surface area (Å²) in [6.07, 6.45) is 0.366. The van der Waals surface area contributed by atoms with Crippen molar-refractivity contribution in [1.82, 2.24) is 15.0 Å². The minimum atomic E-state index is -0.805. The van der Waals surface area contributed by atoms with Crippen molar-refractivity contribution in [3.63, 3.8) is 0 Å². The van der Waals surface area contributed by atoms with Gasteiger partial charge in [0.05, 0.1) is 5.39 Å². The normalized spacial score (nSPS) is 11.9. The van der Waals surface area contributed by atoms with Crippen molar-refractivity contribution in [2.75, 3.05) is 5.32 Å². The highest BCUT2D eigenvalue weighted by Gasteiger charge is 2.22. The number of nitrogens with zero attached hydrogens (tertiary/aromatic N) is 3. The summed E-state index contributed by atoms with van der Waals surface area (Å²) in [6, 6.07) is 12.7. The Kier molecular flexibility index (Phi) is 4.88. The molecule has 1 heterocycles. The molecular weight excluding hydrogens is 332 g/mol. The van der Waals surface area contributed by atoms with E-state index in [1.54, 1.807) is 55.5 Å². The van der Waals surface area contributed by atoms with Crippen LogP contribution in [0.2, 0.25) is 0 Å². The molecule has 0 spiro atoms. The molecule has 7 nitrogen and oxygen atoms in total. The monoisotopic (exact) mass is 350 g/mol. The summed E-state index contributed by atoms with van der Waals surface area (Å²) in [4.78, 5) is 36.8. The minimum absolute atomic E-state index is 0.0928. The molecule has 1 atom stereocenters. The van der Waals surface area contributed by atoms with Crippen molar-refractivity contribution in [3.8, 4) is 0 Å². The van der Waals surface area contributed by atoms with Crippen LogP contribution in [0.1, 0.15) is 36.7 Å². The van der Waals surface area contributed by atoms with E-state index in [1.807, 2.05) is 0 Å². The zero-order chi connectivity index (χ0) is 18.7. The first-order chi connectivity index (χ1) is 12.5. The number of carbonyl (C=O) groups is 2. The molecule has 132 valence electrons. The van der Waals surface area contributed by atoms with Gasteiger partial charge < -0.3 is 5.32 Å². The Hall–Kier alpha value is -3.35. The number of amides is 1. The number of nitrogens with one attached hydrogen (secondary N) is 1. The number of Topliss-reactive ketones (excluding diaryl/α,β-unsaturated/α-hetero) is 1. The summed E-state index contributed by atoms with van der Waals surface area (Å²) in [7, 11) is 0. The molecule has 0 fully saturated rings. The number of hydrogen-bond acceptors (Lipinski definition) is 5. The van der Waals surface area contributed by atoms with Crippen molar-refractivity contribution in [1.29, 1.82) is 0 Å². The van der Waals surface area contributed by atoms with Crippen LogP contribution in [0.25, 0.3) is 10.9 Å². The molecule has 0 radical (unpaired) electrons. The number of benzene rings is 2. The molecule has 7 heteroatoms. The van der Waals surface area contributed by atoms with Gasteiger partial charge in [0.1, 0.15) is 11.6 Å². The van der Waals surface area contributed by atoms with Crippen LogP contribution < -0.4 is 10.9 Å². The standard InChI is InChI=1S/C19H18N4O3/c1-3-17(18(25)20-14-8-6-7-13(11-14)12(2)24)23-19(26)15-9-4-5-10-16(15)21-22-23/h4-11,17H,3H2,1-2H3,(H,20,25)/t17-/m0/s1. The van der Waals surface area contributed by atoms with Gasteiger partial charge in [-0.15, -0.1) is 5.10 Å². The van der Waals surface area contributed by atoms with Gasteiger partial charge in [-0.25, -0.2) is 0 Å². The summed E-state index contributed by atoms with van der Waals surface area (Å²) in [5.41, 5.74) is 1.11. The molecular formula is C19H18N4O3. The van der Waals surface area contributed by atoms with Crippen molar-refractivity contribution < 1.29 is 9.59 Å². The molecule has 3 aromatic rings. The molecule has 1 N–H and O–H groups in total. The lowest BCUT2D eigenvalue weighted by Gasteiger charge is -2.16. The quantitative estimate of drug-likeness (QED) is 0.714. The Morgan fingerprint density at radius 1 is 1.15 bits per heavy atom. The summed E-state index contributed by atoms with van der Waals surface area (Å²) >= 11 is 0. The van der Waals surface area contributed by atoms with Crippen LogP contribution >= 0.6 is 0 Å². The van der Waals surface area contributed by atoms with E-state index in [1.165, 1.54) is 6.92 Å². The zero-order valence-electron chi connectivity index (χ0n) is 14.5. The molecule has 0 saturated carbocycles. The van der Waals surface area contributed by atoms with E-state index in [4.69, 9.17) is 0 Å². The third-order valence-corrected chi connectivity index (χ3v) is 4.11. The molecule has 1 aromatic heterocycles. The van der Waals surface area contributed by atoms with Gasteiger partial charge in [0.25, 0.3) is 5.56 Å². The van der Waals surface area contributed by atoms with Gasteiger partial charge in [-0.2, -0.15) is 4.68 Å². The fourth-order valence-corrected chi connectivity index (χ4v) is 2.72. The fraction of sp³-hybridized carbons (Fsp3) is 0.211. The Morgan fingerprint density at radius 2 is 1.92 bits per heavy atom. The van der Waals surface area contributed by atoms with E-state index in [9.17, 15) is 14.4 Å². The van der Waals surface area contributed by atoms with Gasteiger partial charge in [0.15, 0.2) is 5.78 Å². The summed E-state index contributed by atoms with van der Waals surface area (Å²) in [5, 5.41) is 11.1. The van der Waals surface area contributed by atoms with Gasteiger partial charge in [-0.3, -0.25) is 14.4 Å². The van der Waals surface area contributed by atoms with Gasteiger partial charge in [0.2, 0.25) is 5.91 Å². The third kappa shape index (κ3) is 3.37. The van der Waals surface area contributed by atoms with Crippen molar-refractivity contribution in [3.05, 3.63) is 64.4 Å². The maximum absolute atomic E-state index is 12.7. The van der Waals surface area contributed by atoms with Crippen molar-refractivity contribution >= 4 is 28.3 Å². The van der Waals surface area contributed by atoms with Gasteiger partial charge in [-0.1, -0.05) is 36.4 Å². The molecule has 3 rings (SSSR count). The van der Waals surface area contributed by atoms with Gasteiger partial charge >= 0.3 is 0 Å². The lowest BCUT2D eigenvalue weighted by molar-refractivity contribution is -0.119. The van der Waals surface area contributed by atoms with Crippen molar-refractivity contribution in [2.45, 2.75) is 26.3 Å². The van der Waals surface area contributed by atoms with Crippen LogP contribution in [0.3, 0.4) is 0 Å². The fourth-order valence-electron chi connectivity index (χ4n) is 2.72. The summed E-state index contributed by atoms with van der Waals surface area (Å²) < 4.78 is 1.10. The van der Waals surface area contributed by atoms with E-state index in [0.717, 1.165) is 4.68 Å². The van der Waals surface area contributed by atoms with Crippen LogP contribution in [0.5, 0.6) is 0 Å². The number of fused-ring (bicyclic) bond motifs is 1. The van der Waals surface area contributed by atoms with Gasteiger partial charge in [-0.05, 0) is 37.6 Å². The molecule has 0 aliphatic carbocycles. The maximum Gasteiger partial charge on any atom is 0.278 e. The number of hydrogen-bond donors (Lipinski definition) is 1. The number of anilines is 1. The highest BCUT2D eigenvalue weighted by Crippen LogP contribution is 2.16. The number of aromatic nitrogens is 3. The lowest BCUT2D eigenvalue weighted by atomic mass is 10.1. The van der Waals surface area contributed by atoms with E-state index < -0.39 is 6.04 Å². The van der Waals surface area contributed by atoms with E-state index in [0.29, 0.717) is 28.6 Å². The number of carbonyl (C=O) groups excluding carboxylic acids is 2. The SMILES string of the molecule is CC[C@@H](C(=O)Nc1cccc(C(C)=O)c1)n1nnc2ccccc2c1=O. The first kappa shape index (κ1) is 17.5. The Bertz CT molecular complexity index is 1040. The van der Waals surface area contributed by atoms with Gasteiger partial charge in [0, 0.05) is 11.3 Å². The molecule has 0 aliphatic heterocycles. The predicted octanol–water partition coefficient (Wildman–Crippen LogP) is 2.58. The second-order valence-corrected chi connectivity index (χ2v) is 5.91. The Balaban J connectivity index is 1.93. The Labute approximate surface area is 149 Å². The molecule has 1 amide bonds. The number of rotatable bonds is 5. The lowest BCUT2D eigenvalue weighted by Crippen LogP contribution is -2.35. The second-order valence-electron chi connectivity index (χ2n) is 5.91. The average molecular weight is 350 g/mol. The predicted molar refractivity (Wildman–Crippen MR) is 98.2 cm³/mol. The maximum atomic E-state index is 12.7. The van der Waals surface area contributed by atoms with E-state index >= 15 is 0 Å². The first-order valence-electron chi connectivity index (χ1n) is 8.27. The molecule has 0 unspecified atom stereocenters. The van der Waals surface area contributed by atoms with Crippen LogP contribution in [0.15, 0.2) is 53.3 Å². The van der Waals surface area contributed by atoms with Crippen molar-refractivity contribution in [2.24, 2.45) is 0 Å². The average Bonchev–Trinajstić information content (AvgIpc) is 2.64. The van der Waals surface area contributed by atoms with Crippen LogP contribution in [0, 0.1) is 0 Å². The minimum Gasteiger partial charge on any atom is -0.324 e. The van der Waals surface area contributed by atoms with E-state index in [2.05, 4.69) is 15.6 Å². The molecule has 0 saturated heterocycles. The largest absolute Gasteiger partial charge is 0.324 e. The third-order valence-electron chi connectivity index (χ3n) is 4.11. The first-order valence-corrected chi connectivity index (χ1v) is 8.27.